The number of amides is 3. The Morgan fingerprint density at radius 1 is 0.967 bits per heavy atom. The molecule has 1 aliphatic rings. The molecular formula is C22H24N2O6. The van der Waals surface area contributed by atoms with Crippen molar-refractivity contribution in [2.75, 3.05) is 19.8 Å². The van der Waals surface area contributed by atoms with E-state index in [0.29, 0.717) is 35.8 Å². The molecule has 2 N–H and O–H groups in total. The van der Waals surface area contributed by atoms with Gasteiger partial charge in [0.05, 0.1) is 30.4 Å². The summed E-state index contributed by atoms with van der Waals surface area (Å²) in [6.45, 7) is 4.48. The number of nitrogens with zero attached hydrogens (tertiary/aromatic N) is 1. The van der Waals surface area contributed by atoms with Gasteiger partial charge in [-0.15, -0.1) is 0 Å². The molecular weight excluding hydrogens is 388 g/mol. The van der Waals surface area contributed by atoms with E-state index in [2.05, 4.69) is 0 Å². The van der Waals surface area contributed by atoms with Gasteiger partial charge in [0.25, 0.3) is 11.8 Å². The highest BCUT2D eigenvalue weighted by atomic mass is 16.5. The first-order valence-electron chi connectivity index (χ1n) is 9.73. The number of imide groups is 1. The number of nitrogens with two attached hydrogens (primary N) is 1. The lowest BCUT2D eigenvalue weighted by Gasteiger charge is -2.26. The molecule has 8 nitrogen and oxygen atoms in total. The summed E-state index contributed by atoms with van der Waals surface area (Å²) in [6.07, 6.45) is -0.719. The molecule has 1 aliphatic heterocycles. The average Bonchev–Trinajstić information content (AvgIpc) is 2.98. The molecule has 1 unspecified atom stereocenters. The number of rotatable bonds is 9. The fourth-order valence-corrected chi connectivity index (χ4v) is 3.44. The van der Waals surface area contributed by atoms with Gasteiger partial charge in [-0.05, 0) is 50.1 Å². The third-order valence-electron chi connectivity index (χ3n) is 4.69. The van der Waals surface area contributed by atoms with Gasteiger partial charge in [-0.25, -0.2) is 4.79 Å². The van der Waals surface area contributed by atoms with Crippen LogP contribution in [0.25, 0.3) is 0 Å². The van der Waals surface area contributed by atoms with Gasteiger partial charge in [0, 0.05) is 0 Å². The van der Waals surface area contributed by atoms with Gasteiger partial charge in [0.1, 0.15) is 6.61 Å². The van der Waals surface area contributed by atoms with Crippen LogP contribution in [0.2, 0.25) is 0 Å². The van der Waals surface area contributed by atoms with E-state index in [1.165, 1.54) is 0 Å². The van der Waals surface area contributed by atoms with Crippen molar-refractivity contribution in [3.8, 4) is 11.5 Å². The molecule has 0 bridgehead atoms. The van der Waals surface area contributed by atoms with Crippen LogP contribution in [-0.2, 0) is 11.2 Å². The highest BCUT2D eigenvalue weighted by molar-refractivity contribution is 6.21. The highest BCUT2D eigenvalue weighted by Gasteiger charge is 2.40. The monoisotopic (exact) mass is 412 g/mol. The van der Waals surface area contributed by atoms with Crippen LogP contribution in [0.1, 0.15) is 40.1 Å². The average molecular weight is 412 g/mol. The summed E-state index contributed by atoms with van der Waals surface area (Å²) in [5.41, 5.74) is 6.56. The van der Waals surface area contributed by atoms with Gasteiger partial charge < -0.3 is 19.9 Å². The second kappa shape index (κ2) is 9.30. The Morgan fingerprint density at radius 2 is 1.57 bits per heavy atom. The molecule has 0 saturated carbocycles. The molecule has 30 heavy (non-hydrogen) atoms. The van der Waals surface area contributed by atoms with Gasteiger partial charge in [-0.1, -0.05) is 18.2 Å². The van der Waals surface area contributed by atoms with Gasteiger partial charge in [0.2, 0.25) is 0 Å². The second-order valence-corrected chi connectivity index (χ2v) is 6.66. The molecule has 0 aromatic heterocycles. The van der Waals surface area contributed by atoms with E-state index in [1.807, 2.05) is 19.9 Å². The number of carbonyl (C=O) groups is 3. The molecule has 1 heterocycles. The minimum Gasteiger partial charge on any atom is -0.490 e. The zero-order valence-corrected chi connectivity index (χ0v) is 16.9. The molecule has 1 atom stereocenters. The third kappa shape index (κ3) is 4.37. The summed E-state index contributed by atoms with van der Waals surface area (Å²) in [4.78, 5) is 38.1. The molecule has 2 aromatic rings. The van der Waals surface area contributed by atoms with E-state index in [-0.39, 0.29) is 13.0 Å². The first kappa shape index (κ1) is 21.2. The zero-order valence-electron chi connectivity index (χ0n) is 16.9. The molecule has 3 amide bonds. The van der Waals surface area contributed by atoms with Crippen LogP contribution in [0.4, 0.5) is 4.79 Å². The highest BCUT2D eigenvalue weighted by Crippen LogP contribution is 2.31. The normalized spacial score (nSPS) is 13.7. The van der Waals surface area contributed by atoms with E-state index >= 15 is 0 Å². The molecule has 3 rings (SSSR count). The van der Waals surface area contributed by atoms with Crippen molar-refractivity contribution >= 4 is 17.9 Å². The minimum atomic E-state index is -0.974. The fourth-order valence-electron chi connectivity index (χ4n) is 3.44. The van der Waals surface area contributed by atoms with Crippen LogP contribution >= 0.6 is 0 Å². The van der Waals surface area contributed by atoms with Crippen molar-refractivity contribution in [3.63, 3.8) is 0 Å². The van der Waals surface area contributed by atoms with Gasteiger partial charge in [-0.2, -0.15) is 0 Å². The van der Waals surface area contributed by atoms with Gasteiger partial charge in [0.15, 0.2) is 11.5 Å². The van der Waals surface area contributed by atoms with Crippen LogP contribution in [0, 0.1) is 0 Å². The van der Waals surface area contributed by atoms with Crippen LogP contribution < -0.4 is 15.2 Å². The quantitative estimate of drug-likeness (QED) is 0.635. The Kier molecular flexibility index (Phi) is 6.56. The van der Waals surface area contributed by atoms with Crippen LogP contribution in [0.3, 0.4) is 0 Å². The third-order valence-corrected chi connectivity index (χ3v) is 4.69. The van der Waals surface area contributed by atoms with E-state index in [0.717, 1.165) is 10.5 Å². The van der Waals surface area contributed by atoms with Crippen molar-refractivity contribution in [3.05, 3.63) is 59.2 Å². The van der Waals surface area contributed by atoms with Crippen molar-refractivity contribution in [1.29, 1.82) is 0 Å². The number of hydrogen-bond donors (Lipinski definition) is 1. The summed E-state index contributed by atoms with van der Waals surface area (Å²) in [5.74, 6) is 0.317. The predicted molar refractivity (Wildman–Crippen MR) is 109 cm³/mol. The van der Waals surface area contributed by atoms with E-state index in [1.54, 1.807) is 36.4 Å². The number of carbonyl (C=O) groups excluding carboxylic acids is 3. The lowest BCUT2D eigenvalue weighted by molar-refractivity contribution is 0.0489. The SMILES string of the molecule is CCOc1ccc(CC(COC(N)=O)N2C(=O)c3ccccc3C2=O)cc1OCC. The Morgan fingerprint density at radius 3 is 2.13 bits per heavy atom. The number of fused-ring (bicyclic) bond motifs is 1. The summed E-state index contributed by atoms with van der Waals surface area (Å²) in [7, 11) is 0. The van der Waals surface area contributed by atoms with Crippen molar-refractivity contribution in [1.82, 2.24) is 4.90 Å². The topological polar surface area (TPSA) is 108 Å². The smallest absolute Gasteiger partial charge is 0.404 e. The molecule has 2 aromatic carbocycles. The Bertz CT molecular complexity index is 923. The lowest BCUT2D eigenvalue weighted by Crippen LogP contribution is -2.44. The number of primary amides is 1. The Labute approximate surface area is 174 Å². The van der Waals surface area contributed by atoms with Gasteiger partial charge >= 0.3 is 6.09 Å². The summed E-state index contributed by atoms with van der Waals surface area (Å²) in [6, 6.07) is 11.3. The molecule has 8 heteroatoms. The van der Waals surface area contributed by atoms with Crippen molar-refractivity contribution < 1.29 is 28.6 Å². The van der Waals surface area contributed by atoms with Crippen LogP contribution in [0.15, 0.2) is 42.5 Å². The van der Waals surface area contributed by atoms with E-state index in [4.69, 9.17) is 19.9 Å². The largest absolute Gasteiger partial charge is 0.490 e. The Hall–Kier alpha value is -3.55. The maximum absolute atomic E-state index is 12.9. The zero-order chi connectivity index (χ0) is 21.7. The maximum Gasteiger partial charge on any atom is 0.404 e. The number of benzene rings is 2. The molecule has 0 saturated heterocycles. The summed E-state index contributed by atoms with van der Waals surface area (Å²) >= 11 is 0. The summed E-state index contributed by atoms with van der Waals surface area (Å²) in [5, 5.41) is 0. The standard InChI is InChI=1S/C22H24N2O6/c1-3-28-18-10-9-14(12-19(18)29-4-2)11-15(13-30-22(23)27)24-20(25)16-7-5-6-8-17(16)21(24)26/h5-10,12,15H,3-4,11,13H2,1-2H3,(H2,23,27). The lowest BCUT2D eigenvalue weighted by atomic mass is 10.0. The predicted octanol–water partition coefficient (Wildman–Crippen LogP) is 2.79. The van der Waals surface area contributed by atoms with Gasteiger partial charge in [-0.3, -0.25) is 14.5 Å². The van der Waals surface area contributed by atoms with E-state index < -0.39 is 23.9 Å². The molecule has 0 aliphatic carbocycles. The Balaban J connectivity index is 1.90. The number of ether oxygens (including phenoxy) is 3. The van der Waals surface area contributed by atoms with Crippen molar-refractivity contribution in [2.45, 2.75) is 26.3 Å². The summed E-state index contributed by atoms with van der Waals surface area (Å²) < 4.78 is 16.2. The molecule has 0 spiro atoms. The minimum absolute atomic E-state index is 0.210. The van der Waals surface area contributed by atoms with Crippen molar-refractivity contribution in [2.24, 2.45) is 5.73 Å². The first-order chi connectivity index (χ1) is 14.5. The molecule has 158 valence electrons. The fraction of sp³-hybridized carbons (Fsp3) is 0.318. The van der Waals surface area contributed by atoms with E-state index in [9.17, 15) is 14.4 Å². The molecule has 0 fully saturated rings. The number of hydrogen-bond acceptors (Lipinski definition) is 6. The van der Waals surface area contributed by atoms with Crippen LogP contribution in [-0.4, -0.2) is 48.7 Å². The molecule has 0 radical (unpaired) electrons. The second-order valence-electron chi connectivity index (χ2n) is 6.66. The maximum atomic E-state index is 12.9. The first-order valence-corrected chi connectivity index (χ1v) is 9.73. The van der Waals surface area contributed by atoms with Crippen LogP contribution in [0.5, 0.6) is 11.5 Å².